The summed E-state index contributed by atoms with van der Waals surface area (Å²) in [6.45, 7) is 1.64. The Kier molecular flexibility index (Phi) is 4.62. The molecule has 1 fully saturated rings. The molecule has 0 unspecified atom stereocenters. The van der Waals surface area contributed by atoms with E-state index in [4.69, 9.17) is 10.5 Å². The van der Waals surface area contributed by atoms with Gasteiger partial charge in [-0.05, 0) is 18.4 Å². The molecule has 1 aliphatic rings. The molecule has 1 saturated carbocycles. The van der Waals surface area contributed by atoms with E-state index in [2.05, 4.69) is 0 Å². The van der Waals surface area contributed by atoms with E-state index in [-0.39, 0.29) is 0 Å². The van der Waals surface area contributed by atoms with Crippen LogP contribution in [0.15, 0.2) is 0 Å². The average molecular weight is 171 g/mol. The Labute approximate surface area is 75.5 Å². The molecule has 1 rings (SSSR count). The second-order valence-corrected chi connectivity index (χ2v) is 3.85. The number of hydrogen-bond acceptors (Lipinski definition) is 2. The Morgan fingerprint density at radius 1 is 1.33 bits per heavy atom. The van der Waals surface area contributed by atoms with Crippen LogP contribution in [0, 0.1) is 11.8 Å². The number of rotatable bonds is 4. The lowest BCUT2D eigenvalue weighted by molar-refractivity contribution is 0.108. The monoisotopic (exact) mass is 171 g/mol. The van der Waals surface area contributed by atoms with Crippen LogP contribution < -0.4 is 5.73 Å². The molecule has 0 aromatic carbocycles. The normalized spacial score (nSPS) is 22.5. The van der Waals surface area contributed by atoms with Gasteiger partial charge >= 0.3 is 0 Å². The summed E-state index contributed by atoms with van der Waals surface area (Å²) < 4.78 is 5.17. The standard InChI is InChI=1S/C10H21NO/c1-12-8-10(7-11)9-5-3-2-4-6-9/h9-10H,2-8,11H2,1H3/t10-/m1/s1. The van der Waals surface area contributed by atoms with Crippen molar-refractivity contribution in [1.29, 1.82) is 0 Å². The maximum absolute atomic E-state index is 5.71. The molecule has 1 aliphatic carbocycles. The molecule has 0 saturated heterocycles. The molecule has 0 heterocycles. The summed E-state index contributed by atoms with van der Waals surface area (Å²) in [6, 6.07) is 0. The Morgan fingerprint density at radius 3 is 2.50 bits per heavy atom. The average Bonchev–Trinajstić information content (AvgIpc) is 2.15. The van der Waals surface area contributed by atoms with Gasteiger partial charge in [0.05, 0.1) is 6.61 Å². The van der Waals surface area contributed by atoms with E-state index in [1.807, 2.05) is 0 Å². The maximum Gasteiger partial charge on any atom is 0.0505 e. The lowest BCUT2D eigenvalue weighted by atomic mass is 9.80. The van der Waals surface area contributed by atoms with Crippen molar-refractivity contribution in [3.63, 3.8) is 0 Å². The predicted molar refractivity (Wildman–Crippen MR) is 51.0 cm³/mol. The summed E-state index contributed by atoms with van der Waals surface area (Å²) in [5.74, 6) is 1.44. The molecule has 0 aliphatic heterocycles. The minimum Gasteiger partial charge on any atom is -0.384 e. The lowest BCUT2D eigenvalue weighted by Gasteiger charge is -2.28. The summed E-state index contributed by atoms with van der Waals surface area (Å²) >= 11 is 0. The zero-order valence-electron chi connectivity index (χ0n) is 8.09. The van der Waals surface area contributed by atoms with Gasteiger partial charge in [-0.2, -0.15) is 0 Å². The predicted octanol–water partition coefficient (Wildman–Crippen LogP) is 1.79. The molecule has 0 spiro atoms. The van der Waals surface area contributed by atoms with Crippen LogP contribution in [0.5, 0.6) is 0 Å². The van der Waals surface area contributed by atoms with Gasteiger partial charge in [0.1, 0.15) is 0 Å². The van der Waals surface area contributed by atoms with Gasteiger partial charge in [0.15, 0.2) is 0 Å². The first-order chi connectivity index (χ1) is 5.88. The fourth-order valence-electron chi connectivity index (χ4n) is 2.22. The zero-order valence-corrected chi connectivity index (χ0v) is 8.09. The van der Waals surface area contributed by atoms with Crippen LogP contribution in [0.2, 0.25) is 0 Å². The van der Waals surface area contributed by atoms with E-state index < -0.39 is 0 Å². The molecule has 1 atom stereocenters. The third-order valence-electron chi connectivity index (χ3n) is 3.00. The summed E-state index contributed by atoms with van der Waals surface area (Å²) in [6.07, 6.45) is 6.94. The van der Waals surface area contributed by atoms with Crippen LogP contribution >= 0.6 is 0 Å². The first-order valence-corrected chi connectivity index (χ1v) is 5.07. The quantitative estimate of drug-likeness (QED) is 0.700. The molecular weight excluding hydrogens is 150 g/mol. The van der Waals surface area contributed by atoms with Crippen LogP contribution in [-0.4, -0.2) is 20.3 Å². The van der Waals surface area contributed by atoms with Crippen molar-refractivity contribution >= 4 is 0 Å². The van der Waals surface area contributed by atoms with Gasteiger partial charge in [0, 0.05) is 7.11 Å². The molecule has 0 aromatic rings. The van der Waals surface area contributed by atoms with Gasteiger partial charge in [-0.3, -0.25) is 0 Å². The number of ether oxygens (including phenoxy) is 1. The van der Waals surface area contributed by atoms with Crippen molar-refractivity contribution in [2.75, 3.05) is 20.3 Å². The molecule has 72 valence electrons. The minimum absolute atomic E-state index is 0.607. The second-order valence-electron chi connectivity index (χ2n) is 3.85. The van der Waals surface area contributed by atoms with Crippen LogP contribution in [-0.2, 0) is 4.74 Å². The number of hydrogen-bond donors (Lipinski definition) is 1. The van der Waals surface area contributed by atoms with E-state index in [9.17, 15) is 0 Å². The molecular formula is C10H21NO. The van der Waals surface area contributed by atoms with Crippen molar-refractivity contribution < 1.29 is 4.74 Å². The van der Waals surface area contributed by atoms with Crippen LogP contribution in [0.25, 0.3) is 0 Å². The van der Waals surface area contributed by atoms with Crippen LogP contribution in [0.3, 0.4) is 0 Å². The molecule has 0 radical (unpaired) electrons. The van der Waals surface area contributed by atoms with Crippen molar-refractivity contribution in [2.24, 2.45) is 17.6 Å². The summed E-state index contributed by atoms with van der Waals surface area (Å²) in [5, 5.41) is 0. The fourth-order valence-corrected chi connectivity index (χ4v) is 2.22. The van der Waals surface area contributed by atoms with Crippen molar-refractivity contribution in [3.8, 4) is 0 Å². The van der Waals surface area contributed by atoms with Crippen molar-refractivity contribution in [1.82, 2.24) is 0 Å². The highest BCUT2D eigenvalue weighted by Crippen LogP contribution is 2.29. The highest BCUT2D eigenvalue weighted by Gasteiger charge is 2.21. The van der Waals surface area contributed by atoms with E-state index >= 15 is 0 Å². The molecule has 12 heavy (non-hydrogen) atoms. The third-order valence-corrected chi connectivity index (χ3v) is 3.00. The SMILES string of the molecule is COC[C@@H](CN)C1CCCCC1. The molecule has 2 N–H and O–H groups in total. The van der Waals surface area contributed by atoms with Gasteiger partial charge in [-0.15, -0.1) is 0 Å². The fraction of sp³-hybridized carbons (Fsp3) is 1.00. The maximum atomic E-state index is 5.71. The summed E-state index contributed by atoms with van der Waals surface area (Å²) in [7, 11) is 1.77. The van der Waals surface area contributed by atoms with E-state index in [0.717, 1.165) is 19.1 Å². The first kappa shape index (κ1) is 10.0. The molecule has 2 heteroatoms. The third kappa shape index (κ3) is 2.76. The number of methoxy groups -OCH3 is 1. The summed E-state index contributed by atoms with van der Waals surface area (Å²) in [5.41, 5.74) is 5.71. The largest absolute Gasteiger partial charge is 0.384 e. The Bertz CT molecular complexity index is 108. The van der Waals surface area contributed by atoms with Gasteiger partial charge in [-0.1, -0.05) is 32.1 Å². The Morgan fingerprint density at radius 2 is 2.00 bits per heavy atom. The van der Waals surface area contributed by atoms with Crippen LogP contribution in [0.1, 0.15) is 32.1 Å². The van der Waals surface area contributed by atoms with Gasteiger partial charge in [0.25, 0.3) is 0 Å². The smallest absolute Gasteiger partial charge is 0.0505 e. The Balaban J connectivity index is 2.29. The molecule has 0 aromatic heterocycles. The van der Waals surface area contributed by atoms with Crippen molar-refractivity contribution in [2.45, 2.75) is 32.1 Å². The lowest BCUT2D eigenvalue weighted by Crippen LogP contribution is -2.28. The van der Waals surface area contributed by atoms with Crippen molar-refractivity contribution in [3.05, 3.63) is 0 Å². The van der Waals surface area contributed by atoms with E-state index in [1.165, 1.54) is 32.1 Å². The van der Waals surface area contributed by atoms with Gasteiger partial charge in [0.2, 0.25) is 0 Å². The molecule has 2 nitrogen and oxygen atoms in total. The highest BCUT2D eigenvalue weighted by molar-refractivity contribution is 4.74. The van der Waals surface area contributed by atoms with Crippen LogP contribution in [0.4, 0.5) is 0 Å². The minimum atomic E-state index is 0.607. The highest BCUT2D eigenvalue weighted by atomic mass is 16.5. The Hall–Kier alpha value is -0.0800. The summed E-state index contributed by atoms with van der Waals surface area (Å²) in [4.78, 5) is 0. The molecule has 0 bridgehead atoms. The second kappa shape index (κ2) is 5.55. The molecule has 0 amide bonds. The number of nitrogens with two attached hydrogens (primary N) is 1. The zero-order chi connectivity index (χ0) is 8.81. The van der Waals surface area contributed by atoms with E-state index in [1.54, 1.807) is 7.11 Å². The van der Waals surface area contributed by atoms with Gasteiger partial charge in [-0.25, -0.2) is 0 Å². The topological polar surface area (TPSA) is 35.2 Å². The first-order valence-electron chi connectivity index (χ1n) is 5.07. The van der Waals surface area contributed by atoms with E-state index in [0.29, 0.717) is 5.92 Å². The van der Waals surface area contributed by atoms with Gasteiger partial charge < -0.3 is 10.5 Å².